The van der Waals surface area contributed by atoms with Gasteiger partial charge < -0.3 is 13.7 Å². The standard InChI is InChI=1S/C40H25NO2/c1-2-10-31-26(8-1)9-7-13-32(31)27-16-18-28(19-17-27)41(29-20-22-39-35(24-29)33-11-3-5-14-37(33)42-39)30-21-23-40-36(25-30)34-12-4-6-15-38(34)43-40/h1-25H. The summed E-state index contributed by atoms with van der Waals surface area (Å²) in [4.78, 5) is 2.31. The fourth-order valence-electron chi connectivity index (χ4n) is 6.42. The van der Waals surface area contributed by atoms with Crippen LogP contribution in [0.15, 0.2) is 160 Å². The van der Waals surface area contributed by atoms with E-state index in [0.717, 1.165) is 60.9 Å². The Hall–Kier alpha value is -5.80. The predicted octanol–water partition coefficient (Wildman–Crippen LogP) is 11.8. The number of hydrogen-bond acceptors (Lipinski definition) is 3. The van der Waals surface area contributed by atoms with Gasteiger partial charge in [0.25, 0.3) is 0 Å². The van der Waals surface area contributed by atoms with Crippen molar-refractivity contribution in [3.05, 3.63) is 152 Å². The number of para-hydroxylation sites is 2. The molecule has 9 aromatic rings. The Bertz CT molecular complexity index is 2350. The van der Waals surface area contributed by atoms with E-state index < -0.39 is 0 Å². The van der Waals surface area contributed by atoms with Crippen molar-refractivity contribution in [2.45, 2.75) is 0 Å². The van der Waals surface area contributed by atoms with Gasteiger partial charge in [-0.1, -0.05) is 91.0 Å². The van der Waals surface area contributed by atoms with E-state index in [4.69, 9.17) is 8.83 Å². The van der Waals surface area contributed by atoms with Crippen LogP contribution in [0.2, 0.25) is 0 Å². The maximum atomic E-state index is 6.16. The predicted molar refractivity (Wildman–Crippen MR) is 179 cm³/mol. The normalized spacial score (nSPS) is 11.7. The van der Waals surface area contributed by atoms with Crippen LogP contribution in [0.4, 0.5) is 17.1 Å². The third-order valence-electron chi connectivity index (χ3n) is 8.46. The molecule has 2 aromatic heterocycles. The lowest BCUT2D eigenvalue weighted by Gasteiger charge is -2.26. The Balaban J connectivity index is 1.24. The van der Waals surface area contributed by atoms with Gasteiger partial charge in [0.2, 0.25) is 0 Å². The summed E-state index contributed by atoms with van der Waals surface area (Å²) in [6.07, 6.45) is 0. The van der Waals surface area contributed by atoms with E-state index in [0.29, 0.717) is 0 Å². The summed E-state index contributed by atoms with van der Waals surface area (Å²) in [7, 11) is 0. The average molecular weight is 552 g/mol. The van der Waals surface area contributed by atoms with E-state index in [1.165, 1.54) is 21.9 Å². The third-order valence-corrected chi connectivity index (χ3v) is 8.46. The number of furan rings is 2. The Morgan fingerprint density at radius 3 is 1.47 bits per heavy atom. The smallest absolute Gasteiger partial charge is 0.135 e. The molecule has 3 nitrogen and oxygen atoms in total. The molecule has 0 saturated heterocycles. The zero-order valence-corrected chi connectivity index (χ0v) is 23.2. The monoisotopic (exact) mass is 551 g/mol. The van der Waals surface area contributed by atoms with Crippen molar-refractivity contribution in [1.29, 1.82) is 0 Å². The topological polar surface area (TPSA) is 29.5 Å². The quantitative estimate of drug-likeness (QED) is 0.218. The second kappa shape index (κ2) is 9.37. The zero-order valence-electron chi connectivity index (χ0n) is 23.2. The molecule has 3 heteroatoms. The lowest BCUT2D eigenvalue weighted by Crippen LogP contribution is -2.09. The number of fused-ring (bicyclic) bond motifs is 7. The van der Waals surface area contributed by atoms with Crippen molar-refractivity contribution in [3.63, 3.8) is 0 Å². The van der Waals surface area contributed by atoms with Crippen LogP contribution in [-0.4, -0.2) is 0 Å². The molecule has 7 aromatic carbocycles. The van der Waals surface area contributed by atoms with Crippen LogP contribution in [0.5, 0.6) is 0 Å². The minimum Gasteiger partial charge on any atom is -0.456 e. The molecule has 9 rings (SSSR count). The molecule has 0 spiro atoms. The van der Waals surface area contributed by atoms with Crippen molar-refractivity contribution in [2.75, 3.05) is 4.90 Å². The molecule has 0 aliphatic carbocycles. The fourth-order valence-corrected chi connectivity index (χ4v) is 6.42. The molecule has 0 saturated carbocycles. The highest BCUT2D eigenvalue weighted by atomic mass is 16.3. The van der Waals surface area contributed by atoms with Crippen LogP contribution in [0.1, 0.15) is 0 Å². The molecule has 43 heavy (non-hydrogen) atoms. The van der Waals surface area contributed by atoms with E-state index in [1.54, 1.807) is 0 Å². The van der Waals surface area contributed by atoms with Crippen LogP contribution in [0.25, 0.3) is 65.8 Å². The largest absolute Gasteiger partial charge is 0.456 e. The number of hydrogen-bond donors (Lipinski definition) is 0. The van der Waals surface area contributed by atoms with Crippen LogP contribution < -0.4 is 4.90 Å². The van der Waals surface area contributed by atoms with Gasteiger partial charge >= 0.3 is 0 Å². The first-order valence-corrected chi connectivity index (χ1v) is 14.5. The van der Waals surface area contributed by atoms with Crippen molar-refractivity contribution < 1.29 is 8.83 Å². The zero-order chi connectivity index (χ0) is 28.3. The van der Waals surface area contributed by atoms with Crippen LogP contribution in [0.3, 0.4) is 0 Å². The Morgan fingerprint density at radius 1 is 0.349 bits per heavy atom. The van der Waals surface area contributed by atoms with Crippen molar-refractivity contribution in [1.82, 2.24) is 0 Å². The van der Waals surface area contributed by atoms with E-state index in [2.05, 4.69) is 132 Å². The van der Waals surface area contributed by atoms with Crippen LogP contribution in [-0.2, 0) is 0 Å². The number of nitrogens with zero attached hydrogens (tertiary/aromatic N) is 1. The van der Waals surface area contributed by atoms with Gasteiger partial charge in [0.1, 0.15) is 22.3 Å². The molecule has 0 amide bonds. The molecule has 0 fully saturated rings. The van der Waals surface area contributed by atoms with Crippen molar-refractivity contribution in [3.8, 4) is 11.1 Å². The second-order valence-corrected chi connectivity index (χ2v) is 11.0. The highest BCUT2D eigenvalue weighted by Crippen LogP contribution is 2.41. The van der Waals surface area contributed by atoms with Crippen LogP contribution in [0, 0.1) is 0 Å². The average Bonchev–Trinajstić information content (AvgIpc) is 3.63. The molecule has 0 aliphatic heterocycles. The van der Waals surface area contributed by atoms with E-state index >= 15 is 0 Å². The molecule has 0 unspecified atom stereocenters. The summed E-state index contributed by atoms with van der Waals surface area (Å²) in [6.45, 7) is 0. The molecule has 0 bridgehead atoms. The maximum absolute atomic E-state index is 6.16. The van der Waals surface area contributed by atoms with E-state index in [9.17, 15) is 0 Å². The first kappa shape index (κ1) is 23.9. The highest BCUT2D eigenvalue weighted by molar-refractivity contribution is 6.08. The molecule has 0 radical (unpaired) electrons. The summed E-state index contributed by atoms with van der Waals surface area (Å²) in [5.74, 6) is 0. The van der Waals surface area contributed by atoms with Gasteiger partial charge in [-0.15, -0.1) is 0 Å². The van der Waals surface area contributed by atoms with Crippen molar-refractivity contribution >= 4 is 71.7 Å². The van der Waals surface area contributed by atoms with Gasteiger partial charge in [0.05, 0.1) is 0 Å². The molecule has 0 atom stereocenters. The second-order valence-electron chi connectivity index (χ2n) is 11.0. The SMILES string of the molecule is c1ccc2c(-c3ccc(N(c4ccc5oc6ccccc6c5c4)c4ccc5oc6ccccc6c5c4)cc3)cccc2c1. The molecule has 0 N–H and O–H groups in total. The van der Waals surface area contributed by atoms with E-state index in [-0.39, 0.29) is 0 Å². The third kappa shape index (κ3) is 3.83. The molecular formula is C40H25NO2. The molecule has 202 valence electrons. The first-order chi connectivity index (χ1) is 21.3. The number of rotatable bonds is 4. The van der Waals surface area contributed by atoms with Gasteiger partial charge in [-0.05, 0) is 82.6 Å². The van der Waals surface area contributed by atoms with Gasteiger partial charge in [-0.25, -0.2) is 0 Å². The summed E-state index contributed by atoms with van der Waals surface area (Å²) in [5, 5.41) is 6.92. The van der Waals surface area contributed by atoms with Gasteiger partial charge in [0, 0.05) is 38.6 Å². The molecular weight excluding hydrogens is 526 g/mol. The lowest BCUT2D eigenvalue weighted by atomic mass is 9.98. The maximum Gasteiger partial charge on any atom is 0.135 e. The summed E-state index contributed by atoms with van der Waals surface area (Å²) < 4.78 is 12.3. The minimum absolute atomic E-state index is 0.882. The Labute approximate surface area is 247 Å². The summed E-state index contributed by atoms with van der Waals surface area (Å²) in [5.41, 5.74) is 9.16. The highest BCUT2D eigenvalue weighted by Gasteiger charge is 2.18. The van der Waals surface area contributed by atoms with Gasteiger partial charge in [0.15, 0.2) is 0 Å². The van der Waals surface area contributed by atoms with Crippen LogP contribution >= 0.6 is 0 Å². The number of anilines is 3. The summed E-state index contributed by atoms with van der Waals surface area (Å²) >= 11 is 0. The van der Waals surface area contributed by atoms with Crippen molar-refractivity contribution in [2.24, 2.45) is 0 Å². The molecule has 2 heterocycles. The first-order valence-electron chi connectivity index (χ1n) is 14.5. The molecule has 0 aliphatic rings. The van der Waals surface area contributed by atoms with E-state index in [1.807, 2.05) is 24.3 Å². The van der Waals surface area contributed by atoms with Gasteiger partial charge in [-0.2, -0.15) is 0 Å². The fraction of sp³-hybridized carbons (Fsp3) is 0. The Morgan fingerprint density at radius 2 is 0.837 bits per heavy atom. The Kier molecular flexibility index (Phi) is 5.20. The number of benzene rings is 7. The summed E-state index contributed by atoms with van der Waals surface area (Å²) in [6, 6.07) is 53.3. The minimum atomic E-state index is 0.882. The van der Waals surface area contributed by atoms with Gasteiger partial charge in [-0.3, -0.25) is 0 Å². The lowest BCUT2D eigenvalue weighted by molar-refractivity contribution is 0.668.